The third kappa shape index (κ3) is 7.86. The van der Waals surface area contributed by atoms with Gasteiger partial charge in [0.2, 0.25) is 11.8 Å². The van der Waals surface area contributed by atoms with Crippen LogP contribution >= 0.6 is 39.1 Å². The molecule has 3 aromatic rings. The number of anilines is 1. The van der Waals surface area contributed by atoms with Crippen molar-refractivity contribution >= 4 is 66.7 Å². The first-order valence-electron chi connectivity index (χ1n) is 13.8. The molecule has 2 amide bonds. The number of hydrogen-bond acceptors (Lipinski definition) is 4. The van der Waals surface area contributed by atoms with Gasteiger partial charge in [0.15, 0.2) is 0 Å². The first kappa shape index (κ1) is 32.3. The molecule has 3 aromatic carbocycles. The summed E-state index contributed by atoms with van der Waals surface area (Å²) in [6, 6.07) is 17.6. The Hall–Kier alpha value is -2.59. The summed E-state index contributed by atoms with van der Waals surface area (Å²) in [5, 5.41) is 3.26. The van der Waals surface area contributed by atoms with Gasteiger partial charge in [0.05, 0.1) is 20.6 Å². The van der Waals surface area contributed by atoms with E-state index in [0.717, 1.165) is 52.0 Å². The Labute approximate surface area is 266 Å². The largest absolute Gasteiger partial charge is 0.352 e. The van der Waals surface area contributed by atoms with E-state index in [0.29, 0.717) is 0 Å². The van der Waals surface area contributed by atoms with Crippen LogP contribution in [0.2, 0.25) is 10.0 Å². The van der Waals surface area contributed by atoms with Gasteiger partial charge in [-0.15, -0.1) is 0 Å². The average molecular weight is 696 g/mol. The van der Waals surface area contributed by atoms with E-state index in [2.05, 4.69) is 21.2 Å². The molecule has 0 unspecified atom stereocenters. The van der Waals surface area contributed by atoms with E-state index in [-0.39, 0.29) is 39.1 Å². The van der Waals surface area contributed by atoms with Gasteiger partial charge in [0, 0.05) is 17.1 Å². The average Bonchev–Trinajstić information content (AvgIpc) is 2.96. The standard InChI is InChI=1S/C31H34BrCl2N3O4S/c1-21-14-16-26(17-15-21)42(40,41)37(28-13-7-12-27(33)30(28)34)20-29(38)36(19-23-8-6-9-24(32)18-23)22(2)31(39)35-25-10-4-3-5-11-25/h6-9,12-18,22,25H,3-5,10-11,19-20H2,1-2H3,(H,35,39)/t22-/m1/s1. The fraction of sp³-hybridized carbons (Fsp3) is 0.355. The number of hydrogen-bond donors (Lipinski definition) is 1. The molecule has 1 fully saturated rings. The Kier molecular flexibility index (Phi) is 11.0. The maximum absolute atomic E-state index is 14.1. The zero-order chi connectivity index (χ0) is 30.4. The van der Waals surface area contributed by atoms with Crippen LogP contribution in [0.1, 0.15) is 50.2 Å². The summed E-state index contributed by atoms with van der Waals surface area (Å²) in [5.74, 6) is -0.841. The van der Waals surface area contributed by atoms with Crippen LogP contribution in [0.5, 0.6) is 0 Å². The van der Waals surface area contributed by atoms with Crippen LogP contribution in [0.3, 0.4) is 0 Å². The van der Waals surface area contributed by atoms with Crippen molar-refractivity contribution in [2.75, 3.05) is 10.8 Å². The second-order valence-electron chi connectivity index (χ2n) is 10.6. The van der Waals surface area contributed by atoms with Gasteiger partial charge in [-0.05, 0) is 68.7 Å². The quantitative estimate of drug-likeness (QED) is 0.245. The highest BCUT2D eigenvalue weighted by molar-refractivity contribution is 9.10. The van der Waals surface area contributed by atoms with Crippen molar-refractivity contribution in [3.8, 4) is 0 Å². The van der Waals surface area contributed by atoms with Crippen LogP contribution in [0.15, 0.2) is 76.1 Å². The predicted molar refractivity (Wildman–Crippen MR) is 171 cm³/mol. The molecule has 0 aliphatic heterocycles. The van der Waals surface area contributed by atoms with Crippen molar-refractivity contribution in [1.82, 2.24) is 10.2 Å². The highest BCUT2D eigenvalue weighted by atomic mass is 79.9. The molecule has 0 aromatic heterocycles. The fourth-order valence-corrected chi connectivity index (χ4v) is 7.34. The van der Waals surface area contributed by atoms with Crippen molar-refractivity contribution in [3.63, 3.8) is 0 Å². The smallest absolute Gasteiger partial charge is 0.264 e. The van der Waals surface area contributed by atoms with Crippen LogP contribution in [0.25, 0.3) is 0 Å². The van der Waals surface area contributed by atoms with E-state index < -0.39 is 28.5 Å². The molecule has 7 nitrogen and oxygen atoms in total. The molecular weight excluding hydrogens is 661 g/mol. The molecule has 0 saturated heterocycles. The molecule has 224 valence electrons. The van der Waals surface area contributed by atoms with Gasteiger partial charge in [-0.2, -0.15) is 0 Å². The first-order valence-corrected chi connectivity index (χ1v) is 16.8. The van der Waals surface area contributed by atoms with Gasteiger partial charge in [0.25, 0.3) is 10.0 Å². The number of carbonyl (C=O) groups is 2. The SMILES string of the molecule is Cc1ccc(S(=O)(=O)N(CC(=O)N(Cc2cccc(Br)c2)[C@H](C)C(=O)NC2CCCCC2)c2cccc(Cl)c2Cl)cc1. The Morgan fingerprint density at radius 1 is 1.00 bits per heavy atom. The molecule has 4 rings (SSSR count). The maximum Gasteiger partial charge on any atom is 0.264 e. The highest BCUT2D eigenvalue weighted by Crippen LogP contribution is 2.35. The number of amides is 2. The second-order valence-corrected chi connectivity index (χ2v) is 14.1. The van der Waals surface area contributed by atoms with Gasteiger partial charge in [0.1, 0.15) is 12.6 Å². The molecular formula is C31H34BrCl2N3O4S. The van der Waals surface area contributed by atoms with Crippen molar-refractivity contribution in [2.24, 2.45) is 0 Å². The molecule has 0 radical (unpaired) electrons. The zero-order valence-electron chi connectivity index (χ0n) is 23.5. The Balaban J connectivity index is 1.71. The van der Waals surface area contributed by atoms with Crippen molar-refractivity contribution in [3.05, 3.63) is 92.4 Å². The molecule has 1 N–H and O–H groups in total. The van der Waals surface area contributed by atoms with Crippen LogP contribution in [-0.2, 0) is 26.2 Å². The number of carbonyl (C=O) groups excluding carboxylic acids is 2. The Morgan fingerprint density at radius 3 is 2.33 bits per heavy atom. The van der Waals surface area contributed by atoms with E-state index in [9.17, 15) is 18.0 Å². The van der Waals surface area contributed by atoms with Crippen molar-refractivity contribution in [1.29, 1.82) is 0 Å². The number of nitrogens with one attached hydrogen (secondary N) is 1. The maximum atomic E-state index is 14.1. The molecule has 1 atom stereocenters. The summed E-state index contributed by atoms with van der Waals surface area (Å²) in [7, 11) is -4.25. The summed E-state index contributed by atoms with van der Waals surface area (Å²) >= 11 is 16.2. The number of nitrogens with zero attached hydrogens (tertiary/aromatic N) is 2. The minimum absolute atomic E-state index is 0.00132. The summed E-state index contributed by atoms with van der Waals surface area (Å²) < 4.78 is 29.8. The third-order valence-electron chi connectivity index (χ3n) is 7.45. The van der Waals surface area contributed by atoms with Crippen molar-refractivity contribution in [2.45, 2.75) is 69.5 Å². The lowest BCUT2D eigenvalue weighted by Gasteiger charge is -2.33. The third-order valence-corrected chi connectivity index (χ3v) is 10.5. The van der Waals surface area contributed by atoms with Crippen molar-refractivity contribution < 1.29 is 18.0 Å². The number of halogens is 3. The van der Waals surface area contributed by atoms with Crippen LogP contribution in [0, 0.1) is 6.92 Å². The molecule has 1 aliphatic rings. The number of aryl methyl sites for hydroxylation is 1. The lowest BCUT2D eigenvalue weighted by atomic mass is 9.95. The Morgan fingerprint density at radius 2 is 1.67 bits per heavy atom. The van der Waals surface area contributed by atoms with Crippen LogP contribution in [-0.4, -0.2) is 43.8 Å². The monoisotopic (exact) mass is 693 g/mol. The normalized spacial score (nSPS) is 14.7. The van der Waals surface area contributed by atoms with Gasteiger partial charge in [-0.25, -0.2) is 8.42 Å². The molecule has 1 aliphatic carbocycles. The predicted octanol–water partition coefficient (Wildman–Crippen LogP) is 7.13. The summed E-state index contributed by atoms with van der Waals surface area (Å²) in [6.45, 7) is 3.02. The summed E-state index contributed by atoms with van der Waals surface area (Å²) in [6.07, 6.45) is 5.03. The topological polar surface area (TPSA) is 86.8 Å². The van der Waals surface area contributed by atoms with Crippen LogP contribution in [0.4, 0.5) is 5.69 Å². The van der Waals surface area contributed by atoms with Gasteiger partial charge in [-0.3, -0.25) is 13.9 Å². The van der Waals surface area contributed by atoms with E-state index in [1.54, 1.807) is 31.2 Å². The molecule has 0 spiro atoms. The molecule has 0 heterocycles. The fourth-order valence-electron chi connectivity index (χ4n) is 5.02. The first-order chi connectivity index (χ1) is 20.0. The molecule has 11 heteroatoms. The van der Waals surface area contributed by atoms with Gasteiger partial charge >= 0.3 is 0 Å². The van der Waals surface area contributed by atoms with Crippen LogP contribution < -0.4 is 9.62 Å². The number of sulfonamides is 1. The number of benzene rings is 3. The minimum Gasteiger partial charge on any atom is -0.352 e. The Bertz CT molecular complexity index is 1530. The van der Waals surface area contributed by atoms with E-state index in [1.807, 2.05) is 31.2 Å². The lowest BCUT2D eigenvalue weighted by Crippen LogP contribution is -2.53. The minimum atomic E-state index is -4.25. The summed E-state index contributed by atoms with van der Waals surface area (Å²) in [4.78, 5) is 29.0. The van der Waals surface area contributed by atoms with E-state index in [1.165, 1.54) is 23.1 Å². The molecule has 42 heavy (non-hydrogen) atoms. The van der Waals surface area contributed by atoms with Gasteiger partial charge in [-0.1, -0.05) is 94.3 Å². The van der Waals surface area contributed by atoms with Gasteiger partial charge < -0.3 is 10.2 Å². The van der Waals surface area contributed by atoms with E-state index in [4.69, 9.17) is 23.2 Å². The second kappa shape index (κ2) is 14.3. The zero-order valence-corrected chi connectivity index (χ0v) is 27.4. The lowest BCUT2D eigenvalue weighted by molar-refractivity contribution is -0.139. The summed E-state index contributed by atoms with van der Waals surface area (Å²) in [5.41, 5.74) is 1.74. The number of rotatable bonds is 10. The highest BCUT2D eigenvalue weighted by Gasteiger charge is 2.34. The van der Waals surface area contributed by atoms with E-state index >= 15 is 0 Å². The molecule has 1 saturated carbocycles. The molecule has 0 bridgehead atoms.